The molecule has 2 atom stereocenters. The van der Waals surface area contributed by atoms with Crippen molar-refractivity contribution in [1.82, 2.24) is 5.32 Å². The molecule has 19 heavy (non-hydrogen) atoms. The third-order valence-corrected chi connectivity index (χ3v) is 3.74. The van der Waals surface area contributed by atoms with Crippen LogP contribution in [0.25, 0.3) is 0 Å². The van der Waals surface area contributed by atoms with Gasteiger partial charge in [-0.1, -0.05) is 19.3 Å². The first-order valence-corrected chi connectivity index (χ1v) is 6.77. The average Bonchev–Trinajstić information content (AvgIpc) is 2.64. The van der Waals surface area contributed by atoms with Gasteiger partial charge in [-0.3, -0.25) is 0 Å². The van der Waals surface area contributed by atoms with Gasteiger partial charge in [-0.15, -0.1) is 0 Å². The zero-order valence-electron chi connectivity index (χ0n) is 10.8. The van der Waals surface area contributed by atoms with Gasteiger partial charge in [-0.25, -0.2) is 8.78 Å². The van der Waals surface area contributed by atoms with E-state index < -0.39 is 11.6 Å². The number of rotatable bonds is 3. The molecule has 1 N–H and O–H groups in total. The Kier molecular flexibility index (Phi) is 4.86. The fourth-order valence-corrected chi connectivity index (χ4v) is 2.63. The van der Waals surface area contributed by atoms with Gasteiger partial charge in [0.15, 0.2) is 0 Å². The lowest BCUT2D eigenvalue weighted by Gasteiger charge is -2.21. The van der Waals surface area contributed by atoms with Crippen LogP contribution in [-0.4, -0.2) is 6.04 Å². The molecular weight excluding hydrogens is 246 g/mol. The highest BCUT2D eigenvalue weighted by atomic mass is 19.1. The van der Waals surface area contributed by atoms with Gasteiger partial charge in [0.05, 0.1) is 12.0 Å². The number of nitriles is 1. The largest absolute Gasteiger partial charge is 0.309 e. The van der Waals surface area contributed by atoms with Crippen LogP contribution < -0.4 is 5.32 Å². The third-order valence-electron chi connectivity index (χ3n) is 3.74. The summed E-state index contributed by atoms with van der Waals surface area (Å²) in [5, 5.41) is 12.4. The zero-order chi connectivity index (χ0) is 13.7. The molecule has 0 saturated heterocycles. The Bertz CT molecular complexity index is 468. The lowest BCUT2D eigenvalue weighted by atomic mass is 9.96. The van der Waals surface area contributed by atoms with E-state index in [0.29, 0.717) is 5.56 Å². The van der Waals surface area contributed by atoms with Crippen molar-refractivity contribution in [2.75, 3.05) is 0 Å². The molecule has 0 aromatic heterocycles. The summed E-state index contributed by atoms with van der Waals surface area (Å²) in [6.45, 7) is 0.270. The Morgan fingerprint density at radius 2 is 2.00 bits per heavy atom. The van der Waals surface area contributed by atoms with Gasteiger partial charge in [-0.2, -0.15) is 5.26 Å². The SMILES string of the molecule is N#CC1CCCCCC1NCc1cc(F)ccc1F. The van der Waals surface area contributed by atoms with Crippen molar-refractivity contribution >= 4 is 0 Å². The summed E-state index contributed by atoms with van der Waals surface area (Å²) in [6.07, 6.45) is 5.12. The number of halogens is 2. The maximum absolute atomic E-state index is 13.5. The quantitative estimate of drug-likeness (QED) is 0.848. The molecule has 1 aliphatic carbocycles. The van der Waals surface area contributed by atoms with Gasteiger partial charge in [0, 0.05) is 18.2 Å². The predicted octanol–water partition coefficient (Wildman–Crippen LogP) is 3.53. The molecule has 0 bridgehead atoms. The minimum Gasteiger partial charge on any atom is -0.309 e. The summed E-state index contributed by atoms with van der Waals surface area (Å²) < 4.78 is 26.6. The molecule has 0 amide bonds. The van der Waals surface area contributed by atoms with Crippen LogP contribution in [0.3, 0.4) is 0 Å². The lowest BCUT2D eigenvalue weighted by Crippen LogP contribution is -2.34. The summed E-state index contributed by atoms with van der Waals surface area (Å²) in [5.74, 6) is -0.869. The van der Waals surface area contributed by atoms with E-state index >= 15 is 0 Å². The van der Waals surface area contributed by atoms with E-state index in [0.717, 1.165) is 44.2 Å². The second-order valence-corrected chi connectivity index (χ2v) is 5.10. The Morgan fingerprint density at radius 1 is 1.21 bits per heavy atom. The maximum atomic E-state index is 13.5. The van der Waals surface area contributed by atoms with Crippen molar-refractivity contribution in [3.8, 4) is 6.07 Å². The molecule has 4 heteroatoms. The number of hydrogen-bond acceptors (Lipinski definition) is 2. The van der Waals surface area contributed by atoms with Crippen LogP contribution >= 0.6 is 0 Å². The van der Waals surface area contributed by atoms with Crippen molar-refractivity contribution in [2.45, 2.75) is 44.7 Å². The molecule has 1 fully saturated rings. The van der Waals surface area contributed by atoms with Crippen LogP contribution in [0.4, 0.5) is 8.78 Å². The molecule has 1 aliphatic rings. The number of benzene rings is 1. The summed E-state index contributed by atoms with van der Waals surface area (Å²) >= 11 is 0. The molecule has 1 aromatic rings. The highest BCUT2D eigenvalue weighted by Gasteiger charge is 2.23. The summed E-state index contributed by atoms with van der Waals surface area (Å²) in [6, 6.07) is 5.87. The van der Waals surface area contributed by atoms with Crippen molar-refractivity contribution in [1.29, 1.82) is 5.26 Å². The van der Waals surface area contributed by atoms with Gasteiger partial charge in [0.1, 0.15) is 11.6 Å². The van der Waals surface area contributed by atoms with E-state index in [1.807, 2.05) is 0 Å². The fourth-order valence-electron chi connectivity index (χ4n) is 2.63. The van der Waals surface area contributed by atoms with E-state index in [1.54, 1.807) is 0 Å². The van der Waals surface area contributed by atoms with Crippen LogP contribution in [0, 0.1) is 28.9 Å². The van der Waals surface area contributed by atoms with Crippen LogP contribution in [-0.2, 0) is 6.54 Å². The first-order valence-electron chi connectivity index (χ1n) is 6.77. The van der Waals surface area contributed by atoms with Gasteiger partial charge in [-0.05, 0) is 31.0 Å². The molecule has 102 valence electrons. The van der Waals surface area contributed by atoms with Gasteiger partial charge in [0.25, 0.3) is 0 Å². The second kappa shape index (κ2) is 6.63. The minimum atomic E-state index is -0.434. The van der Waals surface area contributed by atoms with Crippen molar-refractivity contribution in [2.24, 2.45) is 5.92 Å². The lowest BCUT2D eigenvalue weighted by molar-refractivity contribution is 0.390. The van der Waals surface area contributed by atoms with Crippen molar-refractivity contribution < 1.29 is 8.78 Å². The highest BCUT2D eigenvalue weighted by Crippen LogP contribution is 2.23. The second-order valence-electron chi connectivity index (χ2n) is 5.10. The number of hydrogen-bond donors (Lipinski definition) is 1. The number of nitrogens with one attached hydrogen (secondary N) is 1. The zero-order valence-corrected chi connectivity index (χ0v) is 10.8. The smallest absolute Gasteiger partial charge is 0.127 e. The summed E-state index contributed by atoms with van der Waals surface area (Å²) in [7, 11) is 0. The first kappa shape index (κ1) is 14.0. The van der Waals surface area contributed by atoms with E-state index in [9.17, 15) is 8.78 Å². The van der Waals surface area contributed by atoms with Crippen molar-refractivity contribution in [3.63, 3.8) is 0 Å². The Hall–Kier alpha value is -1.47. The molecule has 1 saturated carbocycles. The van der Waals surface area contributed by atoms with Crippen LogP contribution in [0.2, 0.25) is 0 Å². The third kappa shape index (κ3) is 3.74. The molecule has 0 spiro atoms. The maximum Gasteiger partial charge on any atom is 0.127 e. The van der Waals surface area contributed by atoms with Crippen molar-refractivity contribution in [3.05, 3.63) is 35.4 Å². The van der Waals surface area contributed by atoms with Crippen LogP contribution in [0.15, 0.2) is 18.2 Å². The Labute approximate surface area is 112 Å². The molecule has 2 nitrogen and oxygen atoms in total. The Morgan fingerprint density at radius 3 is 2.79 bits per heavy atom. The average molecular weight is 264 g/mol. The van der Waals surface area contributed by atoms with Gasteiger partial charge < -0.3 is 5.32 Å². The van der Waals surface area contributed by atoms with Crippen LogP contribution in [0.5, 0.6) is 0 Å². The van der Waals surface area contributed by atoms with E-state index in [1.165, 1.54) is 6.07 Å². The molecule has 2 rings (SSSR count). The highest BCUT2D eigenvalue weighted by molar-refractivity contribution is 5.18. The Balaban J connectivity index is 2.00. The summed E-state index contributed by atoms with van der Waals surface area (Å²) in [4.78, 5) is 0. The van der Waals surface area contributed by atoms with Gasteiger partial charge >= 0.3 is 0 Å². The summed E-state index contributed by atoms with van der Waals surface area (Å²) in [5.41, 5.74) is 0.320. The molecule has 0 heterocycles. The monoisotopic (exact) mass is 264 g/mol. The molecular formula is C15H18F2N2. The van der Waals surface area contributed by atoms with E-state index in [-0.39, 0.29) is 18.5 Å². The minimum absolute atomic E-state index is 0.0286. The predicted molar refractivity (Wildman–Crippen MR) is 69.2 cm³/mol. The number of nitrogens with zero attached hydrogens (tertiary/aromatic N) is 1. The molecule has 1 aromatic carbocycles. The van der Waals surface area contributed by atoms with Crippen LogP contribution in [0.1, 0.15) is 37.7 Å². The van der Waals surface area contributed by atoms with Gasteiger partial charge in [0.2, 0.25) is 0 Å². The standard InChI is InChI=1S/C15H18F2N2/c16-13-6-7-14(17)12(8-13)10-19-15-5-3-1-2-4-11(15)9-18/h6-8,11,15,19H,1-5,10H2. The normalized spacial score (nSPS) is 23.6. The molecule has 2 unspecified atom stereocenters. The molecule has 0 aliphatic heterocycles. The topological polar surface area (TPSA) is 35.8 Å². The van der Waals surface area contributed by atoms with E-state index in [4.69, 9.17) is 5.26 Å². The first-order chi connectivity index (χ1) is 9.20. The molecule has 0 radical (unpaired) electrons. The van der Waals surface area contributed by atoms with E-state index in [2.05, 4.69) is 11.4 Å². The fraction of sp³-hybridized carbons (Fsp3) is 0.533.